The van der Waals surface area contributed by atoms with E-state index in [0.717, 1.165) is 4.90 Å². The molecule has 5 heteroatoms. The molecule has 18 heavy (non-hydrogen) atoms. The number of thioether (sulfide) groups is 1. The van der Waals surface area contributed by atoms with Crippen molar-refractivity contribution in [1.29, 1.82) is 0 Å². The maximum absolute atomic E-state index is 11.9. The molecule has 0 aliphatic heterocycles. The van der Waals surface area contributed by atoms with E-state index in [2.05, 4.69) is 6.58 Å². The van der Waals surface area contributed by atoms with Crippen LogP contribution >= 0.6 is 23.4 Å². The zero-order valence-corrected chi connectivity index (χ0v) is 11.6. The second-order valence-corrected chi connectivity index (χ2v) is 5.08. The molecule has 0 aliphatic carbocycles. The fraction of sp³-hybridized carbons (Fsp3) is 0.308. The van der Waals surface area contributed by atoms with Gasteiger partial charge >= 0.3 is 0 Å². The zero-order chi connectivity index (χ0) is 13.4. The van der Waals surface area contributed by atoms with Crippen molar-refractivity contribution < 1.29 is 9.90 Å². The lowest BCUT2D eigenvalue weighted by Gasteiger charge is -2.19. The lowest BCUT2D eigenvalue weighted by Crippen LogP contribution is -2.34. The van der Waals surface area contributed by atoms with Gasteiger partial charge in [-0.15, -0.1) is 18.3 Å². The summed E-state index contributed by atoms with van der Waals surface area (Å²) in [4.78, 5) is 14.5. The summed E-state index contributed by atoms with van der Waals surface area (Å²) >= 11 is 7.24. The van der Waals surface area contributed by atoms with Gasteiger partial charge in [0.1, 0.15) is 0 Å². The van der Waals surface area contributed by atoms with E-state index in [1.165, 1.54) is 11.8 Å². The van der Waals surface area contributed by atoms with Crippen LogP contribution in [-0.2, 0) is 4.79 Å². The number of aliphatic hydroxyl groups excluding tert-OH is 1. The van der Waals surface area contributed by atoms with Crippen LogP contribution in [0.4, 0.5) is 0 Å². The summed E-state index contributed by atoms with van der Waals surface area (Å²) in [6.07, 6.45) is 1.65. The van der Waals surface area contributed by atoms with Gasteiger partial charge in [-0.05, 0) is 24.3 Å². The quantitative estimate of drug-likeness (QED) is 0.618. The highest BCUT2D eigenvalue weighted by Gasteiger charge is 2.11. The molecule has 3 nitrogen and oxygen atoms in total. The van der Waals surface area contributed by atoms with Gasteiger partial charge < -0.3 is 10.0 Å². The average Bonchev–Trinajstić information content (AvgIpc) is 2.37. The van der Waals surface area contributed by atoms with Crippen LogP contribution in [0.25, 0.3) is 0 Å². The van der Waals surface area contributed by atoms with E-state index in [1.54, 1.807) is 23.1 Å². The molecule has 0 radical (unpaired) electrons. The summed E-state index contributed by atoms with van der Waals surface area (Å²) in [5.41, 5.74) is 0. The molecule has 0 saturated heterocycles. The third-order valence-electron chi connectivity index (χ3n) is 2.25. The molecule has 1 N–H and O–H groups in total. The molecule has 0 aliphatic rings. The molecule has 1 rings (SSSR count). The molecule has 0 bridgehead atoms. The number of carbonyl (C=O) groups excluding carboxylic acids is 1. The van der Waals surface area contributed by atoms with Gasteiger partial charge in [0.2, 0.25) is 5.91 Å². The molecule has 0 saturated carbocycles. The summed E-state index contributed by atoms with van der Waals surface area (Å²) in [5, 5.41) is 9.56. The third-order valence-corrected chi connectivity index (χ3v) is 3.50. The fourth-order valence-electron chi connectivity index (χ4n) is 1.36. The highest BCUT2D eigenvalue weighted by atomic mass is 35.5. The molecule has 0 aromatic heterocycles. The van der Waals surface area contributed by atoms with Crippen LogP contribution in [0.1, 0.15) is 0 Å². The number of hydrogen-bond acceptors (Lipinski definition) is 3. The maximum Gasteiger partial charge on any atom is 0.233 e. The van der Waals surface area contributed by atoms with Crippen molar-refractivity contribution in [3.05, 3.63) is 41.9 Å². The Balaban J connectivity index is 2.47. The normalized spacial score (nSPS) is 10.1. The van der Waals surface area contributed by atoms with Crippen LogP contribution in [0.3, 0.4) is 0 Å². The van der Waals surface area contributed by atoms with Crippen LogP contribution in [-0.4, -0.2) is 41.4 Å². The van der Waals surface area contributed by atoms with Gasteiger partial charge in [0.15, 0.2) is 0 Å². The number of aliphatic hydroxyl groups is 1. The molecular formula is C13H16ClNO2S. The van der Waals surface area contributed by atoms with Crippen molar-refractivity contribution in [1.82, 2.24) is 4.90 Å². The summed E-state index contributed by atoms with van der Waals surface area (Å²) in [6.45, 7) is 4.36. The molecule has 0 fully saturated rings. The minimum Gasteiger partial charge on any atom is -0.395 e. The molecule has 1 aromatic carbocycles. The van der Waals surface area contributed by atoms with E-state index in [0.29, 0.717) is 23.9 Å². The van der Waals surface area contributed by atoms with Crippen LogP contribution in [0.2, 0.25) is 5.02 Å². The van der Waals surface area contributed by atoms with Crippen molar-refractivity contribution in [3.8, 4) is 0 Å². The van der Waals surface area contributed by atoms with Crippen molar-refractivity contribution in [2.24, 2.45) is 0 Å². The summed E-state index contributed by atoms with van der Waals surface area (Å²) in [5.74, 6) is 0.332. The predicted octanol–water partition coefficient (Wildman–Crippen LogP) is 2.44. The molecule has 1 aromatic rings. The number of rotatable bonds is 7. The Hall–Kier alpha value is -0.970. The van der Waals surface area contributed by atoms with Crippen LogP contribution in [0, 0.1) is 0 Å². The smallest absolute Gasteiger partial charge is 0.233 e. The van der Waals surface area contributed by atoms with Gasteiger partial charge in [0, 0.05) is 23.0 Å². The minimum absolute atomic E-state index is 0.0103. The van der Waals surface area contributed by atoms with E-state index in [9.17, 15) is 4.79 Å². The van der Waals surface area contributed by atoms with Crippen LogP contribution in [0.5, 0.6) is 0 Å². The molecule has 0 atom stereocenters. The van der Waals surface area contributed by atoms with Crippen molar-refractivity contribution in [3.63, 3.8) is 0 Å². The maximum atomic E-state index is 11.9. The molecule has 0 unspecified atom stereocenters. The van der Waals surface area contributed by atoms with Gasteiger partial charge in [-0.3, -0.25) is 4.79 Å². The number of halogens is 1. The van der Waals surface area contributed by atoms with Crippen molar-refractivity contribution in [2.75, 3.05) is 25.4 Å². The number of hydrogen-bond donors (Lipinski definition) is 1. The average molecular weight is 286 g/mol. The molecule has 0 spiro atoms. The Morgan fingerprint density at radius 2 is 2.11 bits per heavy atom. The summed E-state index contributed by atoms with van der Waals surface area (Å²) in [7, 11) is 0. The lowest BCUT2D eigenvalue weighted by atomic mass is 10.4. The van der Waals surface area contributed by atoms with Gasteiger partial charge in [-0.1, -0.05) is 17.7 Å². The zero-order valence-electron chi connectivity index (χ0n) is 10.0. The summed E-state index contributed by atoms with van der Waals surface area (Å²) in [6, 6.07) is 7.35. The van der Waals surface area contributed by atoms with E-state index in [-0.39, 0.29) is 12.5 Å². The summed E-state index contributed by atoms with van der Waals surface area (Å²) < 4.78 is 0. The molecular weight excluding hydrogens is 270 g/mol. The number of benzene rings is 1. The number of nitrogens with zero attached hydrogens (tertiary/aromatic N) is 1. The first kappa shape index (κ1) is 15.1. The number of amides is 1. The van der Waals surface area contributed by atoms with E-state index >= 15 is 0 Å². The second-order valence-electron chi connectivity index (χ2n) is 3.59. The van der Waals surface area contributed by atoms with E-state index in [1.807, 2.05) is 12.1 Å². The van der Waals surface area contributed by atoms with Crippen LogP contribution < -0.4 is 0 Å². The number of carbonyl (C=O) groups is 1. The molecule has 1 amide bonds. The Morgan fingerprint density at radius 1 is 1.44 bits per heavy atom. The van der Waals surface area contributed by atoms with Crippen molar-refractivity contribution in [2.45, 2.75) is 4.90 Å². The Bertz CT molecular complexity index is 394. The molecule has 0 heterocycles. The first-order chi connectivity index (χ1) is 8.67. The van der Waals surface area contributed by atoms with E-state index < -0.39 is 0 Å². The lowest BCUT2D eigenvalue weighted by molar-refractivity contribution is -0.128. The third kappa shape index (κ3) is 5.12. The first-order valence-corrected chi connectivity index (χ1v) is 6.91. The highest BCUT2D eigenvalue weighted by Crippen LogP contribution is 2.20. The predicted molar refractivity (Wildman–Crippen MR) is 76.0 cm³/mol. The topological polar surface area (TPSA) is 40.5 Å². The first-order valence-electron chi connectivity index (χ1n) is 5.55. The minimum atomic E-state index is -0.0365. The Morgan fingerprint density at radius 3 is 2.67 bits per heavy atom. The van der Waals surface area contributed by atoms with E-state index in [4.69, 9.17) is 16.7 Å². The standard InChI is InChI=1S/C13H16ClNO2S/c1-2-7-15(8-9-16)13(17)10-18-12-5-3-11(14)4-6-12/h2-6,16H,1,7-10H2. The Kier molecular flexibility index (Phi) is 6.86. The fourth-order valence-corrected chi connectivity index (χ4v) is 2.29. The van der Waals surface area contributed by atoms with Gasteiger partial charge in [-0.2, -0.15) is 0 Å². The highest BCUT2D eigenvalue weighted by molar-refractivity contribution is 8.00. The van der Waals surface area contributed by atoms with Gasteiger partial charge in [0.05, 0.1) is 12.4 Å². The van der Waals surface area contributed by atoms with Gasteiger partial charge in [-0.25, -0.2) is 0 Å². The SMILES string of the molecule is C=CCN(CCO)C(=O)CSc1ccc(Cl)cc1. The van der Waals surface area contributed by atoms with Crippen molar-refractivity contribution >= 4 is 29.3 Å². The van der Waals surface area contributed by atoms with Crippen LogP contribution in [0.15, 0.2) is 41.8 Å². The Labute approximate surface area is 116 Å². The largest absolute Gasteiger partial charge is 0.395 e. The monoisotopic (exact) mass is 285 g/mol. The second kappa shape index (κ2) is 8.19. The van der Waals surface area contributed by atoms with Gasteiger partial charge in [0.25, 0.3) is 0 Å². The molecule has 98 valence electrons.